The summed E-state index contributed by atoms with van der Waals surface area (Å²) in [5, 5.41) is 0. The Morgan fingerprint density at radius 1 is 1.00 bits per heavy atom. The molecule has 0 aromatic rings. The molecule has 0 N–H and O–H groups in total. The molecule has 0 radical (unpaired) electrons. The maximum absolute atomic E-state index is 8.52. The molecule has 8 heteroatoms. The van der Waals surface area contributed by atoms with Crippen LogP contribution in [0.2, 0.25) is 0 Å². The zero-order chi connectivity index (χ0) is 4.50. The van der Waals surface area contributed by atoms with Gasteiger partial charge in [-0.05, 0) is 0 Å². The molecule has 0 saturated carbocycles. The summed E-state index contributed by atoms with van der Waals surface area (Å²) < 4.78 is 34.1. The van der Waals surface area contributed by atoms with E-state index in [2.05, 4.69) is 0 Å². The van der Waals surface area contributed by atoms with E-state index >= 15 is 0 Å². The van der Waals surface area contributed by atoms with Crippen LogP contribution in [0.1, 0.15) is 0 Å². The van der Waals surface area contributed by atoms with E-state index < -0.39 is 10.4 Å². The van der Waals surface area contributed by atoms with Crippen LogP contribution >= 0.6 is 0 Å². The molecule has 38 valence electrons. The molecule has 0 aromatic carbocycles. The molecule has 0 saturated heterocycles. The molecule has 0 spiro atoms. The van der Waals surface area contributed by atoms with E-state index in [0.717, 1.165) is 0 Å². The molecule has 0 atom stereocenters. The summed E-state index contributed by atoms with van der Waals surface area (Å²) in [6.07, 6.45) is 0. The van der Waals surface area contributed by atoms with Crippen molar-refractivity contribution in [1.82, 2.24) is 0 Å². The van der Waals surface area contributed by atoms with Crippen molar-refractivity contribution >= 4 is 27.8 Å². The average Bonchev–Trinajstić information content (AvgIpc) is 0.722. The third-order valence-corrected chi connectivity index (χ3v) is 0. The Hall–Kier alpha value is 3.68. The van der Waals surface area contributed by atoms with E-state index in [0.29, 0.717) is 0 Å². The summed E-state index contributed by atoms with van der Waals surface area (Å²) >= 11 is 0. The molecule has 0 rings (SSSR count). The second-order valence-corrected chi connectivity index (χ2v) is 1.22. The Morgan fingerprint density at radius 3 is 1.00 bits per heavy atom. The quantitative estimate of drug-likeness (QED) is 0.223. The molecule has 0 fully saturated rings. The summed E-state index contributed by atoms with van der Waals surface area (Å²) in [5.74, 6) is 0. The molecule has 0 heterocycles. The molecule has 0 unspecified atom stereocenters. The first kappa shape index (κ1) is 22.6. The zero-order valence-corrected chi connectivity index (χ0v) is 11.1. The Labute approximate surface area is 144 Å². The van der Waals surface area contributed by atoms with Gasteiger partial charge in [0.2, 0.25) is 0 Å². The summed E-state index contributed by atoms with van der Waals surface area (Å²) in [4.78, 5) is 0. The standard InChI is InChI=1S/Al.2K.H2O4S.3H/c;;;1-5(2,3)4;;;/h;;;(H2,1,2,3,4);;;/q;2*+1;;;;/p-2. The smallest absolute Gasteiger partial charge is 0.759 e. The first-order valence-corrected chi connectivity index (χ1v) is 2.00. The van der Waals surface area contributed by atoms with Gasteiger partial charge in [-0.15, -0.1) is 0 Å². The van der Waals surface area contributed by atoms with Gasteiger partial charge in [0.25, 0.3) is 0 Å². The average molecular weight is 204 g/mol. The van der Waals surface area contributed by atoms with Gasteiger partial charge in [0.05, 0.1) is 0 Å². The van der Waals surface area contributed by atoms with Gasteiger partial charge in [-0.1, -0.05) is 0 Å². The van der Waals surface area contributed by atoms with Crippen LogP contribution in [0.25, 0.3) is 0 Å². The second-order valence-electron chi connectivity index (χ2n) is 0.408. The van der Waals surface area contributed by atoms with Crippen LogP contribution in [0.4, 0.5) is 0 Å². The van der Waals surface area contributed by atoms with Crippen molar-refractivity contribution < 1.29 is 120 Å². The fraction of sp³-hybridized carbons (Fsp3) is 0. The van der Waals surface area contributed by atoms with Crippen molar-refractivity contribution in [3.05, 3.63) is 0 Å². The van der Waals surface area contributed by atoms with Crippen LogP contribution in [0.15, 0.2) is 0 Å². The van der Waals surface area contributed by atoms with Gasteiger partial charge in [-0.25, -0.2) is 0 Å². The molecule has 0 amide bonds. The predicted molar refractivity (Wildman–Crippen MR) is 20.4 cm³/mol. The number of hydrogen-bond donors (Lipinski definition) is 0. The third-order valence-electron chi connectivity index (χ3n) is 0. The first-order chi connectivity index (χ1) is 2.00. The van der Waals surface area contributed by atoms with Gasteiger partial charge in [-0.2, -0.15) is 0 Å². The van der Waals surface area contributed by atoms with Crippen molar-refractivity contribution in [3.8, 4) is 0 Å². The molecule has 0 aliphatic carbocycles. The Balaban J connectivity index is -0.0000000267. The molecule has 4 nitrogen and oxygen atoms in total. The van der Waals surface area contributed by atoms with Gasteiger partial charge < -0.3 is 9.11 Å². The minimum atomic E-state index is -5.17. The minimum absolute atomic E-state index is 0. The predicted octanol–water partition coefficient (Wildman–Crippen LogP) is -8.51. The van der Waals surface area contributed by atoms with E-state index in [9.17, 15) is 0 Å². The maximum Gasteiger partial charge on any atom is 1.00 e. The summed E-state index contributed by atoms with van der Waals surface area (Å²) in [5.41, 5.74) is 0. The summed E-state index contributed by atoms with van der Waals surface area (Å²) in [6, 6.07) is 0. The van der Waals surface area contributed by atoms with Crippen molar-refractivity contribution in [3.63, 3.8) is 0 Å². The molecule has 0 aromatic heterocycles. The van der Waals surface area contributed by atoms with Gasteiger partial charge >= 0.3 is 103 Å². The maximum atomic E-state index is 8.52. The molecule has 0 aliphatic heterocycles. The summed E-state index contributed by atoms with van der Waals surface area (Å²) in [7, 11) is -5.17. The topological polar surface area (TPSA) is 80.3 Å². The fourth-order valence-corrected chi connectivity index (χ4v) is 0. The number of rotatable bonds is 0. The van der Waals surface area contributed by atoms with Crippen LogP contribution in [-0.2, 0) is 10.4 Å². The SMILES string of the molecule is O=S(=O)([O-])[O-].[AlH3].[K+].[K+]. The molecular formula is H3AlK2O4S. The monoisotopic (exact) mass is 204 g/mol. The molecule has 0 aliphatic rings. The fourth-order valence-electron chi connectivity index (χ4n) is 0. The second kappa shape index (κ2) is 10.7. The van der Waals surface area contributed by atoms with Gasteiger partial charge in [0.1, 0.15) is 0 Å². The van der Waals surface area contributed by atoms with E-state index in [-0.39, 0.29) is 120 Å². The Morgan fingerprint density at radius 2 is 1.00 bits per heavy atom. The number of hydrogen-bond acceptors (Lipinski definition) is 4. The van der Waals surface area contributed by atoms with Crippen molar-refractivity contribution in [2.45, 2.75) is 0 Å². The largest absolute Gasteiger partial charge is 1.00 e. The Kier molecular flexibility index (Phi) is 30.1. The third kappa shape index (κ3) is 53.9. The minimum Gasteiger partial charge on any atom is -0.759 e. The van der Waals surface area contributed by atoms with E-state index in [1.165, 1.54) is 0 Å². The first-order valence-electron chi connectivity index (χ1n) is 0.667. The molecular weight excluding hydrogens is 201 g/mol. The molecule has 8 heavy (non-hydrogen) atoms. The van der Waals surface area contributed by atoms with Crippen LogP contribution in [0.3, 0.4) is 0 Å². The Bertz CT molecular complexity index is 97.2. The van der Waals surface area contributed by atoms with Crippen molar-refractivity contribution in [1.29, 1.82) is 0 Å². The van der Waals surface area contributed by atoms with E-state index in [1.54, 1.807) is 0 Å². The van der Waals surface area contributed by atoms with Gasteiger partial charge in [-0.3, -0.25) is 8.42 Å². The van der Waals surface area contributed by atoms with Crippen molar-refractivity contribution in [2.24, 2.45) is 0 Å². The van der Waals surface area contributed by atoms with E-state index in [4.69, 9.17) is 17.5 Å². The van der Waals surface area contributed by atoms with Crippen LogP contribution in [0.5, 0.6) is 0 Å². The van der Waals surface area contributed by atoms with Gasteiger partial charge in [0.15, 0.2) is 17.4 Å². The molecule has 0 bridgehead atoms. The van der Waals surface area contributed by atoms with Crippen LogP contribution < -0.4 is 103 Å². The normalized spacial score (nSPS) is 7.25. The van der Waals surface area contributed by atoms with E-state index in [1.807, 2.05) is 0 Å². The zero-order valence-electron chi connectivity index (χ0n) is 4.04. The van der Waals surface area contributed by atoms with Crippen molar-refractivity contribution in [2.75, 3.05) is 0 Å². The van der Waals surface area contributed by atoms with Gasteiger partial charge in [0, 0.05) is 10.4 Å². The van der Waals surface area contributed by atoms with Crippen LogP contribution in [0, 0.1) is 0 Å². The summed E-state index contributed by atoms with van der Waals surface area (Å²) in [6.45, 7) is 0. The van der Waals surface area contributed by atoms with Crippen LogP contribution in [-0.4, -0.2) is 34.9 Å².